The van der Waals surface area contributed by atoms with E-state index in [9.17, 15) is 10.1 Å². The summed E-state index contributed by atoms with van der Waals surface area (Å²) in [5, 5.41) is 19.3. The maximum Gasteiger partial charge on any atom is 0.345 e. The number of nitrogens with zero attached hydrogens (tertiary/aromatic N) is 5. The highest BCUT2D eigenvalue weighted by atomic mass is 32.1. The molecule has 8 heteroatoms. The zero-order chi connectivity index (χ0) is 15.8. The lowest BCUT2D eigenvalue weighted by molar-refractivity contribution is -0.380. The molecule has 2 aliphatic rings. The molecule has 4 rings (SSSR count). The van der Waals surface area contributed by atoms with Crippen molar-refractivity contribution in [2.45, 2.75) is 25.7 Å². The van der Waals surface area contributed by atoms with E-state index < -0.39 is 4.92 Å². The number of benzene rings is 1. The van der Waals surface area contributed by atoms with Crippen molar-refractivity contribution in [1.29, 1.82) is 0 Å². The third-order valence-corrected chi connectivity index (χ3v) is 5.06. The Labute approximate surface area is 136 Å². The highest BCUT2D eigenvalue weighted by Gasteiger charge is 2.24. The Bertz CT molecular complexity index is 770. The van der Waals surface area contributed by atoms with Crippen molar-refractivity contribution >= 4 is 32.8 Å². The van der Waals surface area contributed by atoms with Gasteiger partial charge in [-0.3, -0.25) is 10.1 Å². The summed E-state index contributed by atoms with van der Waals surface area (Å²) >= 11 is 0.932. The van der Waals surface area contributed by atoms with Crippen molar-refractivity contribution in [3.8, 4) is 0 Å². The minimum absolute atomic E-state index is 0.0184. The van der Waals surface area contributed by atoms with Gasteiger partial charge in [-0.2, -0.15) is 0 Å². The summed E-state index contributed by atoms with van der Waals surface area (Å²) in [7, 11) is 0. The zero-order valence-corrected chi connectivity index (χ0v) is 13.3. The van der Waals surface area contributed by atoms with E-state index in [0.29, 0.717) is 5.13 Å². The molecule has 3 heterocycles. The number of hydrogen-bond donors (Lipinski definition) is 0. The molecule has 1 aromatic heterocycles. The molecule has 0 radical (unpaired) electrons. The van der Waals surface area contributed by atoms with Crippen LogP contribution in [-0.2, 0) is 12.8 Å². The van der Waals surface area contributed by atoms with Gasteiger partial charge < -0.3 is 4.90 Å². The lowest BCUT2D eigenvalue weighted by atomic mass is 9.91. The van der Waals surface area contributed by atoms with E-state index in [1.54, 1.807) is 0 Å². The molecule has 1 aromatic carbocycles. The van der Waals surface area contributed by atoms with E-state index in [-0.39, 0.29) is 5.00 Å². The molecule has 0 aliphatic carbocycles. The SMILES string of the molecule is O=[N+]([O-])c1cnc(N=Nc2cc3c4c(c2)CCCN4CCC3)s1. The Morgan fingerprint density at radius 2 is 1.87 bits per heavy atom. The van der Waals surface area contributed by atoms with Crippen molar-refractivity contribution in [3.63, 3.8) is 0 Å². The Morgan fingerprint density at radius 3 is 2.48 bits per heavy atom. The van der Waals surface area contributed by atoms with Gasteiger partial charge in [0.15, 0.2) is 0 Å². The first-order chi connectivity index (χ1) is 11.2. The second kappa shape index (κ2) is 5.69. The molecule has 23 heavy (non-hydrogen) atoms. The van der Waals surface area contributed by atoms with Crippen LogP contribution in [0.25, 0.3) is 0 Å². The van der Waals surface area contributed by atoms with Gasteiger partial charge in [0.25, 0.3) is 0 Å². The molecule has 0 bridgehead atoms. The Morgan fingerprint density at radius 1 is 1.17 bits per heavy atom. The molecule has 2 aliphatic heterocycles. The number of azo groups is 1. The molecule has 0 unspecified atom stereocenters. The van der Waals surface area contributed by atoms with Gasteiger partial charge in [-0.05, 0) is 60.3 Å². The average Bonchev–Trinajstić information content (AvgIpc) is 3.03. The molecule has 0 amide bonds. The van der Waals surface area contributed by atoms with Crippen LogP contribution >= 0.6 is 11.3 Å². The van der Waals surface area contributed by atoms with E-state index in [1.165, 1.54) is 35.9 Å². The predicted octanol–water partition coefficient (Wildman–Crippen LogP) is 4.17. The summed E-state index contributed by atoms with van der Waals surface area (Å²) in [5.41, 5.74) is 4.88. The van der Waals surface area contributed by atoms with E-state index in [1.807, 2.05) is 0 Å². The van der Waals surface area contributed by atoms with Crippen LogP contribution in [0, 0.1) is 10.1 Å². The van der Waals surface area contributed by atoms with Gasteiger partial charge in [0.2, 0.25) is 5.13 Å². The third kappa shape index (κ3) is 2.70. The highest BCUT2D eigenvalue weighted by molar-refractivity contribution is 7.18. The van der Waals surface area contributed by atoms with Crippen LogP contribution in [0.5, 0.6) is 0 Å². The summed E-state index contributed by atoms with van der Waals surface area (Å²) in [6.45, 7) is 2.29. The number of aryl methyl sites for hydroxylation is 2. The van der Waals surface area contributed by atoms with Gasteiger partial charge in [0, 0.05) is 18.8 Å². The van der Waals surface area contributed by atoms with E-state index >= 15 is 0 Å². The fraction of sp³-hybridized carbons (Fsp3) is 0.400. The van der Waals surface area contributed by atoms with Crippen LogP contribution in [0.3, 0.4) is 0 Å². The van der Waals surface area contributed by atoms with Gasteiger partial charge >= 0.3 is 5.00 Å². The molecule has 7 nitrogen and oxygen atoms in total. The summed E-state index contributed by atoms with van der Waals surface area (Å²) in [6.07, 6.45) is 5.71. The first-order valence-electron chi connectivity index (χ1n) is 7.63. The number of hydrogen-bond acceptors (Lipinski definition) is 7. The number of thiazole rings is 1. The van der Waals surface area contributed by atoms with Crippen molar-refractivity contribution in [3.05, 3.63) is 39.6 Å². The number of aromatic nitrogens is 1. The summed E-state index contributed by atoms with van der Waals surface area (Å²) < 4.78 is 0. The number of nitro groups is 1. The molecule has 118 valence electrons. The third-order valence-electron chi connectivity index (χ3n) is 4.23. The molecule has 0 atom stereocenters. The molecule has 0 N–H and O–H groups in total. The standard InChI is InChI=1S/C15H15N5O2S/c21-20(22)13-9-16-15(23-13)18-17-12-7-10-3-1-5-19-6-2-4-11(8-12)14(10)19/h7-9H,1-6H2. The average molecular weight is 329 g/mol. The minimum Gasteiger partial charge on any atom is -0.371 e. The molecule has 0 spiro atoms. The first-order valence-corrected chi connectivity index (χ1v) is 8.45. The molecule has 0 saturated carbocycles. The van der Waals surface area contributed by atoms with Crippen molar-refractivity contribution in [2.24, 2.45) is 10.2 Å². The Kier molecular flexibility index (Phi) is 3.53. The summed E-state index contributed by atoms with van der Waals surface area (Å²) in [4.78, 5) is 16.6. The maximum atomic E-state index is 10.7. The zero-order valence-electron chi connectivity index (χ0n) is 12.4. The first kappa shape index (κ1) is 14.3. The second-order valence-electron chi connectivity index (χ2n) is 5.74. The van der Waals surface area contributed by atoms with Crippen LogP contribution < -0.4 is 4.90 Å². The van der Waals surface area contributed by atoms with Crippen molar-refractivity contribution in [2.75, 3.05) is 18.0 Å². The van der Waals surface area contributed by atoms with Crippen LogP contribution in [0.2, 0.25) is 0 Å². The van der Waals surface area contributed by atoms with Gasteiger partial charge in [0.1, 0.15) is 6.20 Å². The quantitative estimate of drug-likeness (QED) is 0.480. The maximum absolute atomic E-state index is 10.7. The smallest absolute Gasteiger partial charge is 0.345 e. The fourth-order valence-electron chi connectivity index (χ4n) is 3.33. The van der Waals surface area contributed by atoms with E-state index in [0.717, 1.165) is 43.0 Å². The molecule has 0 fully saturated rings. The number of anilines is 1. The van der Waals surface area contributed by atoms with Crippen molar-refractivity contribution < 1.29 is 4.92 Å². The van der Waals surface area contributed by atoms with E-state index in [2.05, 4.69) is 32.2 Å². The van der Waals surface area contributed by atoms with Gasteiger partial charge in [0.05, 0.1) is 10.6 Å². The topological polar surface area (TPSA) is 84.0 Å². The summed E-state index contributed by atoms with van der Waals surface area (Å²) in [6, 6.07) is 4.17. The fourth-order valence-corrected chi connectivity index (χ4v) is 3.88. The Balaban J connectivity index is 1.64. The van der Waals surface area contributed by atoms with Gasteiger partial charge in [-0.25, -0.2) is 4.98 Å². The predicted molar refractivity (Wildman–Crippen MR) is 88.2 cm³/mol. The normalized spacial score (nSPS) is 16.6. The largest absolute Gasteiger partial charge is 0.371 e. The Hall–Kier alpha value is -2.35. The second-order valence-corrected chi connectivity index (χ2v) is 6.73. The van der Waals surface area contributed by atoms with Crippen LogP contribution in [0.1, 0.15) is 24.0 Å². The lowest BCUT2D eigenvalue weighted by Gasteiger charge is -2.36. The molecular formula is C15H15N5O2S. The van der Waals surface area contributed by atoms with E-state index in [4.69, 9.17) is 0 Å². The van der Waals surface area contributed by atoms with Crippen LogP contribution in [-0.4, -0.2) is 23.0 Å². The van der Waals surface area contributed by atoms with Crippen LogP contribution in [0.15, 0.2) is 28.6 Å². The number of rotatable bonds is 3. The van der Waals surface area contributed by atoms with Crippen LogP contribution in [0.4, 0.5) is 21.5 Å². The molecule has 0 saturated heterocycles. The molecule has 2 aromatic rings. The molecular weight excluding hydrogens is 314 g/mol. The minimum atomic E-state index is -0.464. The highest BCUT2D eigenvalue weighted by Crippen LogP contribution is 2.38. The van der Waals surface area contributed by atoms with Gasteiger partial charge in [-0.1, -0.05) is 0 Å². The summed E-state index contributed by atoms with van der Waals surface area (Å²) in [5.74, 6) is 0. The lowest BCUT2D eigenvalue weighted by Crippen LogP contribution is -2.34. The monoisotopic (exact) mass is 329 g/mol. The van der Waals surface area contributed by atoms with Crippen molar-refractivity contribution in [1.82, 2.24) is 4.98 Å². The van der Waals surface area contributed by atoms with Gasteiger partial charge in [-0.15, -0.1) is 10.2 Å².